The van der Waals surface area contributed by atoms with Crippen LogP contribution in [-0.4, -0.2) is 37.1 Å². The second-order valence-electron chi connectivity index (χ2n) is 6.65. The van der Waals surface area contributed by atoms with E-state index in [2.05, 4.69) is 17.3 Å². The second kappa shape index (κ2) is 8.67. The summed E-state index contributed by atoms with van der Waals surface area (Å²) in [6, 6.07) is 19.1. The number of rotatable bonds is 5. The predicted molar refractivity (Wildman–Crippen MR) is 100 cm³/mol. The SMILES string of the molecule is CN1CCC[C@@H](OC(=O)C(Nc2ccccc2)c2ccccc2)CC1. The van der Waals surface area contributed by atoms with Gasteiger partial charge in [0.15, 0.2) is 6.04 Å². The first-order valence-corrected chi connectivity index (χ1v) is 8.98. The second-order valence-corrected chi connectivity index (χ2v) is 6.65. The molecule has 2 aromatic carbocycles. The molecule has 0 saturated carbocycles. The molecular weight excluding hydrogens is 312 g/mol. The maximum Gasteiger partial charge on any atom is 0.333 e. The number of anilines is 1. The molecule has 0 spiro atoms. The highest BCUT2D eigenvalue weighted by molar-refractivity contribution is 5.81. The molecule has 0 amide bonds. The van der Waals surface area contributed by atoms with Gasteiger partial charge in [0, 0.05) is 12.2 Å². The number of esters is 1. The van der Waals surface area contributed by atoms with Gasteiger partial charge in [-0.2, -0.15) is 0 Å². The first-order chi connectivity index (χ1) is 12.2. The predicted octanol–water partition coefficient (Wildman–Crippen LogP) is 3.87. The van der Waals surface area contributed by atoms with Gasteiger partial charge in [-0.1, -0.05) is 48.5 Å². The molecule has 0 aliphatic carbocycles. The molecule has 4 heteroatoms. The molecule has 3 rings (SSSR count). The number of nitrogens with one attached hydrogen (secondary N) is 1. The molecule has 2 aromatic rings. The fourth-order valence-electron chi connectivity index (χ4n) is 3.18. The van der Waals surface area contributed by atoms with Gasteiger partial charge in [-0.05, 0) is 50.6 Å². The van der Waals surface area contributed by atoms with Crippen molar-refractivity contribution in [1.29, 1.82) is 0 Å². The zero-order valence-corrected chi connectivity index (χ0v) is 14.7. The van der Waals surface area contributed by atoms with Crippen LogP contribution in [0.15, 0.2) is 60.7 Å². The van der Waals surface area contributed by atoms with Crippen molar-refractivity contribution in [3.63, 3.8) is 0 Å². The van der Waals surface area contributed by atoms with Gasteiger partial charge in [0.1, 0.15) is 6.10 Å². The van der Waals surface area contributed by atoms with E-state index >= 15 is 0 Å². The third-order valence-corrected chi connectivity index (χ3v) is 4.63. The maximum absolute atomic E-state index is 12.9. The number of para-hydroxylation sites is 1. The Kier molecular flexibility index (Phi) is 6.07. The summed E-state index contributed by atoms with van der Waals surface area (Å²) in [5.74, 6) is -0.204. The summed E-state index contributed by atoms with van der Waals surface area (Å²) in [6.45, 7) is 2.04. The number of likely N-dealkylation sites (tertiary alicyclic amines) is 1. The summed E-state index contributed by atoms with van der Waals surface area (Å²) in [5, 5.41) is 3.32. The number of carbonyl (C=O) groups excluding carboxylic acids is 1. The van der Waals surface area contributed by atoms with Gasteiger partial charge in [-0.3, -0.25) is 0 Å². The first-order valence-electron chi connectivity index (χ1n) is 8.98. The lowest BCUT2D eigenvalue weighted by Gasteiger charge is -2.23. The Morgan fingerprint density at radius 3 is 2.44 bits per heavy atom. The molecule has 1 N–H and O–H groups in total. The Morgan fingerprint density at radius 1 is 1.04 bits per heavy atom. The summed E-state index contributed by atoms with van der Waals surface area (Å²) in [4.78, 5) is 15.2. The minimum Gasteiger partial charge on any atom is -0.461 e. The summed E-state index contributed by atoms with van der Waals surface area (Å²) in [5.41, 5.74) is 1.83. The molecule has 2 atom stereocenters. The van der Waals surface area contributed by atoms with E-state index in [0.29, 0.717) is 0 Å². The Labute approximate surface area is 149 Å². The highest BCUT2D eigenvalue weighted by atomic mass is 16.5. The van der Waals surface area contributed by atoms with Crippen LogP contribution in [0.1, 0.15) is 30.9 Å². The van der Waals surface area contributed by atoms with Crippen molar-refractivity contribution in [2.24, 2.45) is 0 Å². The molecule has 0 bridgehead atoms. The molecule has 1 aliphatic heterocycles. The number of hydrogen-bond donors (Lipinski definition) is 1. The van der Waals surface area contributed by atoms with E-state index in [-0.39, 0.29) is 12.1 Å². The molecule has 0 radical (unpaired) electrons. The molecule has 4 nitrogen and oxygen atoms in total. The first kappa shape index (κ1) is 17.5. The average Bonchev–Trinajstić information content (AvgIpc) is 2.85. The number of nitrogens with zero attached hydrogens (tertiary/aromatic N) is 1. The molecular formula is C21H26N2O2. The van der Waals surface area contributed by atoms with E-state index in [0.717, 1.165) is 43.6 Å². The number of ether oxygens (including phenoxy) is 1. The van der Waals surface area contributed by atoms with Gasteiger partial charge in [0.25, 0.3) is 0 Å². The van der Waals surface area contributed by atoms with Crippen molar-refractivity contribution in [1.82, 2.24) is 4.90 Å². The largest absolute Gasteiger partial charge is 0.461 e. The number of benzene rings is 2. The summed E-state index contributed by atoms with van der Waals surface area (Å²) < 4.78 is 5.88. The van der Waals surface area contributed by atoms with Crippen LogP contribution < -0.4 is 5.32 Å². The van der Waals surface area contributed by atoms with Gasteiger partial charge in [-0.25, -0.2) is 4.79 Å². The summed E-state index contributed by atoms with van der Waals surface area (Å²) in [6.07, 6.45) is 2.90. The Balaban J connectivity index is 1.73. The minimum atomic E-state index is -0.496. The normalized spacial score (nSPS) is 19.6. The van der Waals surface area contributed by atoms with Crippen molar-refractivity contribution < 1.29 is 9.53 Å². The molecule has 1 aliphatic rings. The molecule has 1 heterocycles. The number of hydrogen-bond acceptors (Lipinski definition) is 4. The van der Waals surface area contributed by atoms with Crippen LogP contribution in [0.4, 0.5) is 5.69 Å². The molecule has 1 unspecified atom stereocenters. The quantitative estimate of drug-likeness (QED) is 0.841. The zero-order valence-electron chi connectivity index (χ0n) is 14.7. The van der Waals surface area contributed by atoms with Gasteiger partial charge in [0.05, 0.1) is 0 Å². The van der Waals surface area contributed by atoms with E-state index in [4.69, 9.17) is 4.74 Å². The van der Waals surface area contributed by atoms with Crippen molar-refractivity contribution in [3.05, 3.63) is 66.2 Å². The number of carbonyl (C=O) groups is 1. The third-order valence-electron chi connectivity index (χ3n) is 4.63. The van der Waals surface area contributed by atoms with E-state index < -0.39 is 6.04 Å². The Hall–Kier alpha value is -2.33. The summed E-state index contributed by atoms with van der Waals surface area (Å²) >= 11 is 0. The third kappa shape index (κ3) is 5.07. The monoisotopic (exact) mass is 338 g/mol. The standard InChI is InChI=1S/C21H26N2O2/c1-23-15-8-13-19(14-16-23)25-21(24)20(17-9-4-2-5-10-17)22-18-11-6-3-7-12-18/h2-7,9-12,19-20,22H,8,13-16H2,1H3/t19-,20?/m1/s1. The fourth-order valence-corrected chi connectivity index (χ4v) is 3.18. The van der Waals surface area contributed by atoms with E-state index in [1.54, 1.807) is 0 Å². The van der Waals surface area contributed by atoms with Crippen LogP contribution in [0.5, 0.6) is 0 Å². The van der Waals surface area contributed by atoms with Crippen LogP contribution in [0.2, 0.25) is 0 Å². The van der Waals surface area contributed by atoms with Crippen molar-refractivity contribution in [2.45, 2.75) is 31.4 Å². The lowest BCUT2D eigenvalue weighted by atomic mass is 10.1. The highest BCUT2D eigenvalue weighted by Gasteiger charge is 2.26. The molecule has 25 heavy (non-hydrogen) atoms. The van der Waals surface area contributed by atoms with Gasteiger partial charge >= 0.3 is 5.97 Å². The zero-order chi connectivity index (χ0) is 17.5. The van der Waals surface area contributed by atoms with Crippen LogP contribution in [-0.2, 0) is 9.53 Å². The average molecular weight is 338 g/mol. The lowest BCUT2D eigenvalue weighted by molar-refractivity contribution is -0.150. The Bertz CT molecular complexity index is 660. The lowest BCUT2D eigenvalue weighted by Crippen LogP contribution is -2.28. The topological polar surface area (TPSA) is 41.6 Å². The highest BCUT2D eigenvalue weighted by Crippen LogP contribution is 2.23. The van der Waals surface area contributed by atoms with Gasteiger partial charge in [-0.15, -0.1) is 0 Å². The van der Waals surface area contributed by atoms with Crippen LogP contribution in [0.25, 0.3) is 0 Å². The van der Waals surface area contributed by atoms with Crippen molar-refractivity contribution in [2.75, 3.05) is 25.5 Å². The smallest absolute Gasteiger partial charge is 0.333 e. The maximum atomic E-state index is 12.9. The summed E-state index contributed by atoms with van der Waals surface area (Å²) in [7, 11) is 2.12. The van der Waals surface area contributed by atoms with Crippen LogP contribution in [0, 0.1) is 0 Å². The fraction of sp³-hybridized carbons (Fsp3) is 0.381. The molecule has 1 fully saturated rings. The Morgan fingerprint density at radius 2 is 1.72 bits per heavy atom. The van der Waals surface area contributed by atoms with Gasteiger partial charge < -0.3 is 15.0 Å². The molecule has 0 aromatic heterocycles. The van der Waals surface area contributed by atoms with E-state index in [9.17, 15) is 4.79 Å². The molecule has 1 saturated heterocycles. The molecule has 132 valence electrons. The minimum absolute atomic E-state index is 0.00114. The van der Waals surface area contributed by atoms with Crippen molar-refractivity contribution >= 4 is 11.7 Å². The van der Waals surface area contributed by atoms with Crippen LogP contribution >= 0.6 is 0 Å². The van der Waals surface area contributed by atoms with E-state index in [1.165, 1.54) is 0 Å². The van der Waals surface area contributed by atoms with Crippen LogP contribution in [0.3, 0.4) is 0 Å². The van der Waals surface area contributed by atoms with Crippen molar-refractivity contribution in [3.8, 4) is 0 Å². The van der Waals surface area contributed by atoms with E-state index in [1.807, 2.05) is 60.7 Å². The van der Waals surface area contributed by atoms with Gasteiger partial charge in [0.2, 0.25) is 0 Å².